The van der Waals surface area contributed by atoms with E-state index in [0.29, 0.717) is 4.90 Å². The third-order valence-electron chi connectivity index (χ3n) is 2.25. The fourth-order valence-electron chi connectivity index (χ4n) is 1.38. The second-order valence-electron chi connectivity index (χ2n) is 5.26. The first-order valence-electron chi connectivity index (χ1n) is 6.09. The lowest BCUT2D eigenvalue weighted by molar-refractivity contribution is 0.0531. The summed E-state index contributed by atoms with van der Waals surface area (Å²) in [5, 5.41) is 2.51. The summed E-state index contributed by atoms with van der Waals surface area (Å²) in [7, 11) is -2.91. The Labute approximate surface area is 128 Å². The Bertz CT molecular complexity index is 562. The first kappa shape index (κ1) is 17.0. The van der Waals surface area contributed by atoms with Crippen LogP contribution in [0, 0.1) is 4.78 Å². The van der Waals surface area contributed by atoms with Crippen LogP contribution in [0.1, 0.15) is 20.8 Å². The molecule has 0 fully saturated rings. The van der Waals surface area contributed by atoms with Gasteiger partial charge in [0.15, 0.2) is 0 Å². The van der Waals surface area contributed by atoms with Crippen molar-refractivity contribution in [3.63, 3.8) is 0 Å². The zero-order chi connectivity index (χ0) is 15.4. The molecule has 2 N–H and O–H groups in total. The standard InChI is InChI=1S/C13H19BrN2O3S/c1-13(2,3)19-12(17)16-8-9-20(15,18)11-6-4-10(14)5-7-11/h4-7,15H,8-9H2,1-3H3,(H,16,17). The van der Waals surface area contributed by atoms with Crippen LogP contribution < -0.4 is 5.32 Å². The summed E-state index contributed by atoms with van der Waals surface area (Å²) in [6.45, 7) is 5.43. The van der Waals surface area contributed by atoms with Gasteiger partial charge >= 0.3 is 6.09 Å². The number of carbonyl (C=O) groups is 1. The average molecular weight is 363 g/mol. The van der Waals surface area contributed by atoms with Crippen LogP contribution in [0.15, 0.2) is 33.6 Å². The zero-order valence-electron chi connectivity index (χ0n) is 11.7. The van der Waals surface area contributed by atoms with Gasteiger partial charge in [0.25, 0.3) is 0 Å². The quantitative estimate of drug-likeness (QED) is 0.861. The Balaban J connectivity index is 2.53. The van der Waals surface area contributed by atoms with Crippen LogP contribution in [0.25, 0.3) is 0 Å². The molecule has 0 aliphatic heterocycles. The number of hydrogen-bond acceptors (Lipinski definition) is 4. The molecule has 0 heterocycles. The molecule has 7 heteroatoms. The van der Waals surface area contributed by atoms with Gasteiger partial charge in [0.05, 0.1) is 15.5 Å². The molecular formula is C13H19BrN2O3S. The van der Waals surface area contributed by atoms with Crippen LogP contribution in [-0.2, 0) is 14.5 Å². The summed E-state index contributed by atoms with van der Waals surface area (Å²) in [6.07, 6.45) is -0.566. The van der Waals surface area contributed by atoms with Crippen LogP contribution in [0.4, 0.5) is 4.79 Å². The molecular weight excluding hydrogens is 344 g/mol. The number of alkyl carbamates (subject to hydrolysis) is 1. The van der Waals surface area contributed by atoms with Gasteiger partial charge in [0, 0.05) is 15.9 Å². The number of hydrogen-bond donors (Lipinski definition) is 2. The van der Waals surface area contributed by atoms with Gasteiger partial charge in [0.2, 0.25) is 0 Å². The molecule has 0 aromatic heterocycles. The number of rotatable bonds is 4. The van der Waals surface area contributed by atoms with Crippen LogP contribution >= 0.6 is 15.9 Å². The maximum atomic E-state index is 12.2. The molecule has 0 saturated heterocycles. The van der Waals surface area contributed by atoms with Crippen molar-refractivity contribution in [1.82, 2.24) is 5.32 Å². The van der Waals surface area contributed by atoms with E-state index >= 15 is 0 Å². The van der Waals surface area contributed by atoms with E-state index in [1.807, 2.05) is 0 Å². The maximum absolute atomic E-state index is 12.2. The largest absolute Gasteiger partial charge is 0.444 e. The number of carbonyl (C=O) groups excluding carboxylic acids is 1. The molecule has 5 nitrogen and oxygen atoms in total. The number of benzene rings is 1. The van der Waals surface area contributed by atoms with E-state index in [0.717, 1.165) is 4.47 Å². The van der Waals surface area contributed by atoms with E-state index in [9.17, 15) is 9.00 Å². The molecule has 0 spiro atoms. The Hall–Kier alpha value is -1.08. The Kier molecular flexibility index (Phi) is 5.59. The molecule has 20 heavy (non-hydrogen) atoms. The van der Waals surface area contributed by atoms with Crippen molar-refractivity contribution in [1.29, 1.82) is 4.78 Å². The molecule has 1 unspecified atom stereocenters. The number of nitrogens with one attached hydrogen (secondary N) is 2. The highest BCUT2D eigenvalue weighted by atomic mass is 79.9. The molecule has 0 saturated carbocycles. The van der Waals surface area contributed by atoms with Gasteiger partial charge in [-0.1, -0.05) is 15.9 Å². The predicted octanol–water partition coefficient (Wildman–Crippen LogP) is 3.38. The van der Waals surface area contributed by atoms with Gasteiger partial charge in [-0.15, -0.1) is 0 Å². The second-order valence-corrected chi connectivity index (χ2v) is 8.41. The smallest absolute Gasteiger partial charge is 0.407 e. The highest BCUT2D eigenvalue weighted by Crippen LogP contribution is 2.16. The molecule has 1 atom stereocenters. The van der Waals surface area contributed by atoms with Crippen molar-refractivity contribution >= 4 is 31.8 Å². The Morgan fingerprint density at radius 3 is 2.40 bits per heavy atom. The van der Waals surface area contributed by atoms with Crippen molar-refractivity contribution in [2.24, 2.45) is 0 Å². The minimum Gasteiger partial charge on any atom is -0.444 e. The monoisotopic (exact) mass is 362 g/mol. The van der Waals surface area contributed by atoms with Crippen LogP contribution in [0.3, 0.4) is 0 Å². The summed E-state index contributed by atoms with van der Waals surface area (Å²) in [5.41, 5.74) is -0.571. The lowest BCUT2D eigenvalue weighted by Gasteiger charge is -2.19. The molecule has 112 valence electrons. The highest BCUT2D eigenvalue weighted by molar-refractivity contribution is 9.10. The molecule has 1 rings (SSSR count). The zero-order valence-corrected chi connectivity index (χ0v) is 14.1. The Morgan fingerprint density at radius 2 is 1.90 bits per heavy atom. The Morgan fingerprint density at radius 1 is 1.35 bits per heavy atom. The minimum absolute atomic E-state index is 0.0495. The first-order valence-corrected chi connectivity index (χ1v) is 8.61. The average Bonchev–Trinajstić information content (AvgIpc) is 2.26. The van der Waals surface area contributed by atoms with E-state index in [1.165, 1.54) is 0 Å². The van der Waals surface area contributed by atoms with Crippen LogP contribution in [0.5, 0.6) is 0 Å². The van der Waals surface area contributed by atoms with Crippen molar-refractivity contribution in [2.75, 3.05) is 12.3 Å². The molecule has 0 radical (unpaired) electrons. The SMILES string of the molecule is CC(C)(C)OC(=O)NCCS(=N)(=O)c1ccc(Br)cc1. The summed E-state index contributed by atoms with van der Waals surface area (Å²) in [6, 6.07) is 6.77. The van der Waals surface area contributed by atoms with Crippen molar-refractivity contribution < 1.29 is 13.7 Å². The van der Waals surface area contributed by atoms with E-state index in [2.05, 4.69) is 21.2 Å². The van der Waals surface area contributed by atoms with E-state index in [4.69, 9.17) is 9.52 Å². The normalized spacial score (nSPS) is 14.4. The van der Waals surface area contributed by atoms with Crippen molar-refractivity contribution in [3.8, 4) is 0 Å². The van der Waals surface area contributed by atoms with Crippen molar-refractivity contribution in [2.45, 2.75) is 31.3 Å². The summed E-state index contributed by atoms with van der Waals surface area (Å²) in [4.78, 5) is 11.9. The van der Waals surface area contributed by atoms with Gasteiger partial charge in [-0.25, -0.2) is 13.8 Å². The van der Waals surface area contributed by atoms with E-state index < -0.39 is 21.4 Å². The third-order valence-corrected chi connectivity index (χ3v) is 4.59. The van der Waals surface area contributed by atoms with Gasteiger partial charge in [-0.2, -0.15) is 0 Å². The summed E-state index contributed by atoms with van der Waals surface area (Å²) >= 11 is 3.28. The van der Waals surface area contributed by atoms with Crippen LogP contribution in [-0.4, -0.2) is 28.2 Å². The third kappa shape index (κ3) is 5.92. The first-order chi connectivity index (χ1) is 9.10. The maximum Gasteiger partial charge on any atom is 0.407 e. The fraction of sp³-hybridized carbons (Fsp3) is 0.462. The molecule has 0 aliphatic carbocycles. The van der Waals surface area contributed by atoms with Gasteiger partial charge < -0.3 is 10.1 Å². The van der Waals surface area contributed by atoms with Crippen molar-refractivity contribution in [3.05, 3.63) is 28.7 Å². The van der Waals surface area contributed by atoms with E-state index in [1.54, 1.807) is 45.0 Å². The predicted molar refractivity (Wildman–Crippen MR) is 82.4 cm³/mol. The number of halogens is 1. The molecule has 0 aliphatic rings. The molecule has 1 aromatic rings. The molecule has 1 aromatic carbocycles. The van der Waals surface area contributed by atoms with Gasteiger partial charge in [0.1, 0.15) is 5.60 Å². The summed E-state index contributed by atoms with van der Waals surface area (Å²) in [5.74, 6) is 0.0495. The second kappa shape index (κ2) is 6.58. The van der Waals surface area contributed by atoms with Gasteiger partial charge in [-0.05, 0) is 45.0 Å². The lowest BCUT2D eigenvalue weighted by Crippen LogP contribution is -2.34. The van der Waals surface area contributed by atoms with Gasteiger partial charge in [-0.3, -0.25) is 0 Å². The minimum atomic E-state index is -2.91. The number of ether oxygens (including phenoxy) is 1. The molecule has 0 bridgehead atoms. The topological polar surface area (TPSA) is 79.2 Å². The lowest BCUT2D eigenvalue weighted by atomic mass is 10.2. The highest BCUT2D eigenvalue weighted by Gasteiger charge is 2.16. The fourth-order valence-corrected chi connectivity index (χ4v) is 2.85. The molecule has 1 amide bonds. The number of amides is 1. The van der Waals surface area contributed by atoms with E-state index in [-0.39, 0.29) is 12.3 Å². The van der Waals surface area contributed by atoms with Crippen LogP contribution in [0.2, 0.25) is 0 Å². The summed E-state index contributed by atoms with van der Waals surface area (Å²) < 4.78 is 26.0.